The Balaban J connectivity index is 2.01. The third kappa shape index (κ3) is 1.70. The third-order valence-electron chi connectivity index (χ3n) is 4.22. The number of carbonyl (C=O) groups is 1. The minimum Gasteiger partial charge on any atom is -0.341 e. The lowest BCUT2D eigenvalue weighted by molar-refractivity contribution is 0.112. The molecular weight excluding hydrogens is 274 g/mol. The number of carbonyl (C=O) groups excluding carboxylic acids is 1. The Labute approximate surface area is 127 Å². The Morgan fingerprint density at radius 1 is 0.955 bits per heavy atom. The van der Waals surface area contributed by atoms with Crippen molar-refractivity contribution in [2.45, 2.75) is 0 Å². The summed E-state index contributed by atoms with van der Waals surface area (Å²) in [4.78, 5) is 15.7. The summed E-state index contributed by atoms with van der Waals surface area (Å²) in [6.07, 6.45) is 0.852. The van der Waals surface area contributed by atoms with Crippen LogP contribution in [0.15, 0.2) is 48.5 Å². The Hall–Kier alpha value is -2.88. The molecule has 0 saturated heterocycles. The van der Waals surface area contributed by atoms with E-state index in [1.165, 1.54) is 10.9 Å². The number of imidazole rings is 1. The Kier molecular flexibility index (Phi) is 2.66. The van der Waals surface area contributed by atoms with Gasteiger partial charge >= 0.3 is 0 Å². The van der Waals surface area contributed by atoms with E-state index in [1.54, 1.807) is 0 Å². The fraction of sp³-hybridized carbons (Fsp3) is 0.111. The zero-order valence-electron chi connectivity index (χ0n) is 12.4. The average molecular weight is 289 g/mol. The predicted molar refractivity (Wildman–Crippen MR) is 88.0 cm³/mol. The average Bonchev–Trinajstić information content (AvgIpc) is 3.05. The maximum absolute atomic E-state index is 10.9. The molecule has 0 aliphatic rings. The van der Waals surface area contributed by atoms with E-state index in [9.17, 15) is 4.79 Å². The van der Waals surface area contributed by atoms with Gasteiger partial charge in [-0.15, -0.1) is 0 Å². The fourth-order valence-electron chi connectivity index (χ4n) is 3.02. The van der Waals surface area contributed by atoms with Crippen molar-refractivity contribution in [2.75, 3.05) is 0 Å². The summed E-state index contributed by atoms with van der Waals surface area (Å²) in [5, 5.41) is 1.20. The van der Waals surface area contributed by atoms with Gasteiger partial charge in [-0.05, 0) is 30.3 Å². The molecular formula is C18H15N3O. The number of nitrogens with zero attached hydrogens (tertiary/aromatic N) is 3. The van der Waals surface area contributed by atoms with Gasteiger partial charge in [-0.1, -0.05) is 18.2 Å². The first-order chi connectivity index (χ1) is 10.7. The van der Waals surface area contributed by atoms with Gasteiger partial charge < -0.3 is 9.13 Å². The van der Waals surface area contributed by atoms with Gasteiger partial charge in [-0.3, -0.25) is 4.79 Å². The second-order valence-corrected chi connectivity index (χ2v) is 5.51. The molecule has 0 unspecified atom stereocenters. The molecule has 4 rings (SSSR count). The molecule has 0 N–H and O–H groups in total. The molecule has 0 bridgehead atoms. The Morgan fingerprint density at radius 3 is 2.55 bits per heavy atom. The summed E-state index contributed by atoms with van der Waals surface area (Å²) in [5.74, 6) is 0.900. The van der Waals surface area contributed by atoms with Crippen molar-refractivity contribution in [3.63, 3.8) is 0 Å². The predicted octanol–water partition coefficient (Wildman–Crippen LogP) is 3.54. The molecule has 0 aliphatic carbocycles. The Morgan fingerprint density at radius 2 is 1.77 bits per heavy atom. The van der Waals surface area contributed by atoms with Crippen molar-refractivity contribution in [3.8, 4) is 11.5 Å². The highest BCUT2D eigenvalue weighted by molar-refractivity contribution is 5.90. The lowest BCUT2D eigenvalue weighted by atomic mass is 10.2. The highest BCUT2D eigenvalue weighted by Gasteiger charge is 2.14. The minimum atomic E-state index is 0.647. The molecule has 108 valence electrons. The molecule has 2 aromatic carbocycles. The fourth-order valence-corrected chi connectivity index (χ4v) is 3.02. The number of para-hydroxylation sites is 1. The summed E-state index contributed by atoms with van der Waals surface area (Å²) in [6.45, 7) is 0. The molecule has 0 fully saturated rings. The van der Waals surface area contributed by atoms with Crippen LogP contribution in [0.2, 0.25) is 0 Å². The summed E-state index contributed by atoms with van der Waals surface area (Å²) < 4.78 is 4.22. The van der Waals surface area contributed by atoms with Gasteiger partial charge in [0, 0.05) is 30.6 Å². The molecule has 4 heteroatoms. The number of rotatable bonds is 2. The monoisotopic (exact) mass is 289 g/mol. The number of hydrogen-bond donors (Lipinski definition) is 0. The van der Waals surface area contributed by atoms with Crippen LogP contribution in [0.3, 0.4) is 0 Å². The van der Waals surface area contributed by atoms with Gasteiger partial charge in [0.15, 0.2) is 5.82 Å². The van der Waals surface area contributed by atoms with Crippen molar-refractivity contribution in [3.05, 3.63) is 54.1 Å². The van der Waals surface area contributed by atoms with Crippen LogP contribution in [0.1, 0.15) is 10.4 Å². The number of hydrogen-bond acceptors (Lipinski definition) is 2. The number of fused-ring (bicyclic) bond motifs is 2. The number of aryl methyl sites for hydroxylation is 2. The molecule has 2 aromatic heterocycles. The quantitative estimate of drug-likeness (QED) is 0.529. The lowest BCUT2D eigenvalue weighted by Gasteiger charge is -2.04. The second kappa shape index (κ2) is 4.56. The summed E-state index contributed by atoms with van der Waals surface area (Å²) in [7, 11) is 4.05. The molecule has 0 atom stereocenters. The zero-order valence-corrected chi connectivity index (χ0v) is 12.4. The van der Waals surface area contributed by atoms with Crippen LogP contribution in [0.5, 0.6) is 0 Å². The topological polar surface area (TPSA) is 39.8 Å². The van der Waals surface area contributed by atoms with Crippen molar-refractivity contribution < 1.29 is 4.79 Å². The normalized spacial score (nSPS) is 11.4. The van der Waals surface area contributed by atoms with Crippen LogP contribution >= 0.6 is 0 Å². The molecule has 0 radical (unpaired) electrons. The summed E-state index contributed by atoms with van der Waals surface area (Å²) in [6, 6.07) is 16.0. The molecule has 0 amide bonds. The van der Waals surface area contributed by atoms with E-state index in [1.807, 2.05) is 44.4 Å². The molecule has 4 aromatic rings. The SMILES string of the molecule is Cn1c(-c2nc3cc(C=O)ccc3n2C)cc2ccccc21. The van der Waals surface area contributed by atoms with E-state index in [-0.39, 0.29) is 0 Å². The van der Waals surface area contributed by atoms with Crippen LogP contribution < -0.4 is 0 Å². The number of benzene rings is 2. The number of aromatic nitrogens is 3. The van der Waals surface area contributed by atoms with Gasteiger partial charge in [0.05, 0.1) is 16.7 Å². The van der Waals surface area contributed by atoms with Crippen LogP contribution in [0, 0.1) is 0 Å². The van der Waals surface area contributed by atoms with Crippen molar-refractivity contribution in [1.29, 1.82) is 0 Å². The van der Waals surface area contributed by atoms with Crippen molar-refractivity contribution in [2.24, 2.45) is 14.1 Å². The first-order valence-corrected chi connectivity index (χ1v) is 7.15. The first-order valence-electron chi connectivity index (χ1n) is 7.15. The van der Waals surface area contributed by atoms with Gasteiger partial charge in [0.25, 0.3) is 0 Å². The zero-order chi connectivity index (χ0) is 15.3. The van der Waals surface area contributed by atoms with Crippen LogP contribution in [0.4, 0.5) is 0 Å². The van der Waals surface area contributed by atoms with Crippen LogP contribution in [-0.2, 0) is 14.1 Å². The Bertz CT molecular complexity index is 1020. The number of aldehydes is 1. The van der Waals surface area contributed by atoms with Gasteiger partial charge in [-0.25, -0.2) is 4.98 Å². The van der Waals surface area contributed by atoms with E-state index < -0.39 is 0 Å². The highest BCUT2D eigenvalue weighted by atomic mass is 16.1. The summed E-state index contributed by atoms with van der Waals surface area (Å²) >= 11 is 0. The lowest BCUT2D eigenvalue weighted by Crippen LogP contribution is -1.98. The molecule has 0 aliphatic heterocycles. The maximum atomic E-state index is 10.9. The van der Waals surface area contributed by atoms with Crippen LogP contribution in [0.25, 0.3) is 33.5 Å². The molecule has 0 spiro atoms. The van der Waals surface area contributed by atoms with Gasteiger partial charge in [0.1, 0.15) is 6.29 Å². The largest absolute Gasteiger partial charge is 0.341 e. The second-order valence-electron chi connectivity index (χ2n) is 5.51. The minimum absolute atomic E-state index is 0.647. The standard InChI is InChI=1S/C18H15N3O/c1-20-15-6-4-3-5-13(15)10-17(20)18-19-14-9-12(11-22)7-8-16(14)21(18)2/h3-11H,1-2H3. The molecule has 0 saturated carbocycles. The molecule has 2 heterocycles. The summed E-state index contributed by atoms with van der Waals surface area (Å²) in [5.41, 5.74) is 4.75. The first kappa shape index (κ1) is 12.8. The smallest absolute Gasteiger partial charge is 0.157 e. The van der Waals surface area contributed by atoms with Crippen molar-refractivity contribution in [1.82, 2.24) is 14.1 Å². The van der Waals surface area contributed by atoms with E-state index in [0.29, 0.717) is 5.56 Å². The maximum Gasteiger partial charge on any atom is 0.157 e. The van der Waals surface area contributed by atoms with Crippen molar-refractivity contribution >= 4 is 28.2 Å². The third-order valence-corrected chi connectivity index (χ3v) is 4.22. The van der Waals surface area contributed by atoms with E-state index >= 15 is 0 Å². The van der Waals surface area contributed by atoms with E-state index in [0.717, 1.165) is 28.8 Å². The van der Waals surface area contributed by atoms with Gasteiger partial charge in [0.2, 0.25) is 0 Å². The molecule has 22 heavy (non-hydrogen) atoms. The highest BCUT2D eigenvalue weighted by Crippen LogP contribution is 2.29. The van der Waals surface area contributed by atoms with Gasteiger partial charge in [-0.2, -0.15) is 0 Å². The van der Waals surface area contributed by atoms with E-state index in [2.05, 4.69) is 27.3 Å². The van der Waals surface area contributed by atoms with Crippen LogP contribution in [-0.4, -0.2) is 20.4 Å². The molecule has 4 nitrogen and oxygen atoms in total. The van der Waals surface area contributed by atoms with E-state index in [4.69, 9.17) is 4.98 Å².